The van der Waals surface area contributed by atoms with Gasteiger partial charge in [-0.25, -0.2) is 0 Å². The van der Waals surface area contributed by atoms with Crippen LogP contribution in [-0.4, -0.2) is 35.9 Å². The van der Waals surface area contributed by atoms with Crippen molar-refractivity contribution in [2.24, 2.45) is 17.6 Å². The zero-order valence-electron chi connectivity index (χ0n) is 18.9. The van der Waals surface area contributed by atoms with E-state index in [0.717, 1.165) is 49.1 Å². The summed E-state index contributed by atoms with van der Waals surface area (Å²) in [6, 6.07) is 0. The number of nitrogens with two attached hydrogens (primary N) is 1. The summed E-state index contributed by atoms with van der Waals surface area (Å²) in [6.07, 6.45) is 6.81. The predicted octanol–water partition coefficient (Wildman–Crippen LogP) is 4.88. The molecule has 0 unspecified atom stereocenters. The highest BCUT2D eigenvalue weighted by atomic mass is 32.1. The molecule has 1 saturated heterocycles. The maximum absolute atomic E-state index is 12.1. The summed E-state index contributed by atoms with van der Waals surface area (Å²) < 4.78 is 5.15. The van der Waals surface area contributed by atoms with Crippen LogP contribution < -0.4 is 11.1 Å². The number of aromatic nitrogens is 2. The maximum Gasteiger partial charge on any atom is 0.253 e. The van der Waals surface area contributed by atoms with E-state index in [4.69, 9.17) is 10.5 Å². The first-order chi connectivity index (χ1) is 13.9. The first-order valence-electron chi connectivity index (χ1n) is 10.7. The average molecular weight is 423 g/mol. The molecular weight excluding hydrogens is 384 g/mol. The number of rotatable bonds is 5. The lowest BCUT2D eigenvalue weighted by atomic mass is 10.0. The summed E-state index contributed by atoms with van der Waals surface area (Å²) in [6.45, 7) is 14.6. The lowest BCUT2D eigenvalue weighted by molar-refractivity contribution is -0.112. The minimum Gasteiger partial charge on any atom is -0.381 e. The fourth-order valence-corrected chi connectivity index (χ4v) is 3.48. The number of nitrogens with zero attached hydrogens (tertiary/aromatic N) is 2. The zero-order chi connectivity index (χ0) is 21.8. The second-order valence-electron chi connectivity index (χ2n) is 7.43. The molecule has 1 aromatic rings. The van der Waals surface area contributed by atoms with Crippen LogP contribution in [0.4, 0.5) is 5.13 Å². The number of anilines is 1. The number of hydrogen-bond acceptors (Lipinski definition) is 6. The zero-order valence-corrected chi connectivity index (χ0v) is 19.7. The molecule has 29 heavy (non-hydrogen) atoms. The van der Waals surface area contributed by atoms with Crippen molar-refractivity contribution in [1.82, 2.24) is 10.2 Å². The van der Waals surface area contributed by atoms with Crippen LogP contribution in [0.1, 0.15) is 65.3 Å². The molecule has 1 saturated carbocycles. The van der Waals surface area contributed by atoms with Crippen LogP contribution in [0.15, 0.2) is 22.8 Å². The lowest BCUT2D eigenvalue weighted by Crippen LogP contribution is -2.22. The first-order valence-corrected chi connectivity index (χ1v) is 11.5. The molecule has 6 nitrogen and oxygen atoms in total. The molecule has 0 radical (unpaired) electrons. The van der Waals surface area contributed by atoms with Gasteiger partial charge in [-0.3, -0.25) is 10.1 Å². The van der Waals surface area contributed by atoms with Crippen LogP contribution in [-0.2, 0) is 9.53 Å². The van der Waals surface area contributed by atoms with Crippen LogP contribution in [0, 0.1) is 18.8 Å². The van der Waals surface area contributed by atoms with Gasteiger partial charge < -0.3 is 10.5 Å². The molecule has 0 atom stereocenters. The molecule has 3 N–H and O–H groups in total. The Morgan fingerprint density at radius 1 is 1.17 bits per heavy atom. The van der Waals surface area contributed by atoms with E-state index in [1.165, 1.54) is 35.3 Å². The fourth-order valence-electron chi connectivity index (χ4n) is 2.89. The molecule has 0 bridgehead atoms. The molecule has 1 aromatic heterocycles. The summed E-state index contributed by atoms with van der Waals surface area (Å²) in [4.78, 5) is 12.1. The minimum absolute atomic E-state index is 0.101. The molecule has 0 spiro atoms. The van der Waals surface area contributed by atoms with Gasteiger partial charge in [0.1, 0.15) is 5.01 Å². The van der Waals surface area contributed by atoms with Gasteiger partial charge in [0.15, 0.2) is 0 Å². The smallest absolute Gasteiger partial charge is 0.253 e. The molecule has 0 aromatic carbocycles. The van der Waals surface area contributed by atoms with Gasteiger partial charge in [-0.2, -0.15) is 0 Å². The summed E-state index contributed by atoms with van der Waals surface area (Å²) in [5, 5.41) is 12.0. The van der Waals surface area contributed by atoms with Crippen LogP contribution in [0.3, 0.4) is 0 Å². The van der Waals surface area contributed by atoms with Gasteiger partial charge in [0.05, 0.1) is 0 Å². The van der Waals surface area contributed by atoms with Crippen molar-refractivity contribution in [2.45, 2.75) is 67.2 Å². The number of hydrogen-bond donors (Lipinski definition) is 2. The van der Waals surface area contributed by atoms with E-state index in [-0.39, 0.29) is 5.91 Å². The quantitative estimate of drug-likeness (QED) is 0.521. The second kappa shape index (κ2) is 13.6. The van der Waals surface area contributed by atoms with Crippen molar-refractivity contribution < 1.29 is 9.53 Å². The molecular formula is C22H38N4O2S. The third kappa shape index (κ3) is 9.65. The topological polar surface area (TPSA) is 90.1 Å². The third-order valence-corrected chi connectivity index (χ3v) is 5.50. The normalized spacial score (nSPS) is 16.7. The van der Waals surface area contributed by atoms with Crippen molar-refractivity contribution in [1.29, 1.82) is 0 Å². The highest BCUT2D eigenvalue weighted by molar-refractivity contribution is 7.15. The monoisotopic (exact) mass is 422 g/mol. The molecule has 2 aliphatic rings. The van der Waals surface area contributed by atoms with E-state index in [9.17, 15) is 4.79 Å². The van der Waals surface area contributed by atoms with Crippen molar-refractivity contribution in [2.75, 3.05) is 25.1 Å². The Kier molecular flexibility index (Phi) is 12.0. The molecule has 1 amide bonds. The van der Waals surface area contributed by atoms with Gasteiger partial charge in [-0.15, -0.1) is 10.2 Å². The lowest BCUT2D eigenvalue weighted by Gasteiger charge is -2.19. The van der Waals surface area contributed by atoms with Crippen molar-refractivity contribution in [3.63, 3.8) is 0 Å². The Labute approximate surface area is 180 Å². The van der Waals surface area contributed by atoms with Crippen molar-refractivity contribution in [3.8, 4) is 0 Å². The van der Waals surface area contributed by atoms with Crippen molar-refractivity contribution >= 4 is 22.4 Å². The first kappa shape index (κ1) is 25.5. The number of carbonyl (C=O) groups is 1. The van der Waals surface area contributed by atoms with E-state index in [1.807, 2.05) is 33.8 Å². The van der Waals surface area contributed by atoms with E-state index in [0.29, 0.717) is 11.0 Å². The van der Waals surface area contributed by atoms with Gasteiger partial charge in [-0.05, 0) is 77.3 Å². The Morgan fingerprint density at radius 2 is 1.79 bits per heavy atom. The predicted molar refractivity (Wildman–Crippen MR) is 122 cm³/mol. The highest BCUT2D eigenvalue weighted by Gasteiger charge is 2.25. The van der Waals surface area contributed by atoms with E-state index in [2.05, 4.69) is 29.4 Å². The molecule has 3 rings (SSSR count). The van der Waals surface area contributed by atoms with Gasteiger partial charge in [0.2, 0.25) is 5.13 Å². The standard InChI is InChI=1S/C14H19N3OS.C6H13NO.C2H6/c1-8(2)12(11-5-6-11)7-9(3)13(18)15-14-17-16-10(4)19-14;7-5-6-1-3-8-4-2-6;1-2/h7,11H,5-6H2,1-4H3,(H,15,17,18);6H,1-5,7H2;1-2H3/b9-7+;;. The van der Waals surface area contributed by atoms with E-state index < -0.39 is 0 Å². The van der Waals surface area contributed by atoms with E-state index >= 15 is 0 Å². The largest absolute Gasteiger partial charge is 0.381 e. The Bertz CT molecular complexity index is 683. The summed E-state index contributed by atoms with van der Waals surface area (Å²) >= 11 is 1.38. The second-order valence-corrected chi connectivity index (χ2v) is 8.61. The Hall–Kier alpha value is -1.57. The average Bonchev–Trinajstić information content (AvgIpc) is 3.49. The highest BCUT2D eigenvalue weighted by Crippen LogP contribution is 2.39. The van der Waals surface area contributed by atoms with Gasteiger partial charge in [0, 0.05) is 18.8 Å². The number of nitrogens with one attached hydrogen (secondary N) is 1. The molecule has 7 heteroatoms. The SMILES string of the molecule is CC.CC(C)=C(/C=C(\C)C(=O)Nc1nnc(C)s1)C1CC1.NCC1CCOCC1. The summed E-state index contributed by atoms with van der Waals surface area (Å²) in [7, 11) is 0. The van der Waals surface area contributed by atoms with Crippen molar-refractivity contribution in [3.05, 3.63) is 27.8 Å². The number of ether oxygens (including phenoxy) is 1. The molecule has 1 aliphatic carbocycles. The third-order valence-electron chi connectivity index (χ3n) is 4.75. The Balaban J connectivity index is 0.000000351. The number of aryl methyl sites for hydroxylation is 1. The number of amides is 1. The van der Waals surface area contributed by atoms with E-state index in [1.54, 1.807) is 0 Å². The molecule has 164 valence electrons. The minimum atomic E-state index is -0.101. The Morgan fingerprint density at radius 3 is 2.21 bits per heavy atom. The molecule has 2 heterocycles. The van der Waals surface area contributed by atoms with Crippen LogP contribution in [0.2, 0.25) is 0 Å². The van der Waals surface area contributed by atoms with Gasteiger partial charge >= 0.3 is 0 Å². The van der Waals surface area contributed by atoms with Crippen LogP contribution in [0.5, 0.6) is 0 Å². The summed E-state index contributed by atoms with van der Waals surface area (Å²) in [5.41, 5.74) is 8.77. The molecule has 2 fully saturated rings. The number of carbonyl (C=O) groups excluding carboxylic acids is 1. The number of allylic oxidation sites excluding steroid dienone is 3. The molecule has 1 aliphatic heterocycles. The maximum atomic E-state index is 12.1. The fraction of sp³-hybridized carbons (Fsp3) is 0.682. The van der Waals surface area contributed by atoms with Crippen LogP contribution >= 0.6 is 11.3 Å². The van der Waals surface area contributed by atoms with Crippen LogP contribution in [0.25, 0.3) is 0 Å². The van der Waals surface area contributed by atoms with Gasteiger partial charge in [0.25, 0.3) is 5.91 Å². The van der Waals surface area contributed by atoms with Gasteiger partial charge in [-0.1, -0.05) is 36.8 Å². The summed E-state index contributed by atoms with van der Waals surface area (Å²) in [5.74, 6) is 1.29.